The van der Waals surface area contributed by atoms with Gasteiger partial charge in [-0.05, 0) is 18.2 Å². The SMILES string of the molecule is Clc1cccc(Oc2ccccc2CBr)c1CBr. The van der Waals surface area contributed by atoms with Crippen molar-refractivity contribution in [1.29, 1.82) is 0 Å². The van der Waals surface area contributed by atoms with Crippen molar-refractivity contribution < 1.29 is 4.74 Å². The lowest BCUT2D eigenvalue weighted by molar-refractivity contribution is 0.474. The number of hydrogen-bond donors (Lipinski definition) is 0. The fourth-order valence-corrected chi connectivity index (χ4v) is 3.03. The molecule has 0 aliphatic rings. The molecule has 0 saturated carbocycles. The molecule has 0 N–H and O–H groups in total. The second-order valence-electron chi connectivity index (χ2n) is 3.69. The van der Waals surface area contributed by atoms with Gasteiger partial charge in [-0.2, -0.15) is 0 Å². The minimum Gasteiger partial charge on any atom is -0.457 e. The molecule has 18 heavy (non-hydrogen) atoms. The van der Waals surface area contributed by atoms with Gasteiger partial charge in [-0.25, -0.2) is 0 Å². The highest BCUT2D eigenvalue weighted by atomic mass is 79.9. The average Bonchev–Trinajstić information content (AvgIpc) is 2.40. The Kier molecular flexibility index (Phi) is 5.10. The molecule has 4 heteroatoms. The van der Waals surface area contributed by atoms with Crippen LogP contribution < -0.4 is 4.74 Å². The monoisotopic (exact) mass is 388 g/mol. The number of ether oxygens (including phenoxy) is 1. The maximum absolute atomic E-state index is 6.15. The van der Waals surface area contributed by atoms with Gasteiger partial charge in [0.2, 0.25) is 0 Å². The third kappa shape index (κ3) is 3.08. The fraction of sp³-hybridized carbons (Fsp3) is 0.143. The Hall–Kier alpha value is -0.510. The molecule has 0 bridgehead atoms. The van der Waals surface area contributed by atoms with Crippen LogP contribution in [-0.2, 0) is 10.7 Å². The van der Waals surface area contributed by atoms with E-state index in [1.807, 2.05) is 42.5 Å². The molecule has 0 unspecified atom stereocenters. The van der Waals surface area contributed by atoms with E-state index in [4.69, 9.17) is 16.3 Å². The molecular formula is C14H11Br2ClO. The summed E-state index contributed by atoms with van der Waals surface area (Å²) in [6.45, 7) is 0. The molecule has 2 rings (SSSR count). The molecule has 94 valence electrons. The highest BCUT2D eigenvalue weighted by Crippen LogP contribution is 2.33. The second-order valence-corrected chi connectivity index (χ2v) is 5.22. The van der Waals surface area contributed by atoms with Crippen LogP contribution in [0, 0.1) is 0 Å². The van der Waals surface area contributed by atoms with Gasteiger partial charge < -0.3 is 4.74 Å². The van der Waals surface area contributed by atoms with Crippen molar-refractivity contribution in [1.82, 2.24) is 0 Å². The van der Waals surface area contributed by atoms with Gasteiger partial charge in [0.05, 0.1) is 0 Å². The lowest BCUT2D eigenvalue weighted by Gasteiger charge is -2.13. The summed E-state index contributed by atoms with van der Waals surface area (Å²) < 4.78 is 5.96. The van der Waals surface area contributed by atoms with Crippen LogP contribution in [-0.4, -0.2) is 0 Å². The molecule has 0 aliphatic carbocycles. The van der Waals surface area contributed by atoms with Crippen molar-refractivity contribution in [3.63, 3.8) is 0 Å². The molecule has 0 amide bonds. The van der Waals surface area contributed by atoms with Gasteiger partial charge in [-0.3, -0.25) is 0 Å². The molecule has 0 radical (unpaired) electrons. The fourth-order valence-electron chi connectivity index (χ4n) is 1.60. The molecule has 2 aromatic rings. The van der Waals surface area contributed by atoms with E-state index in [1.165, 1.54) is 0 Å². The lowest BCUT2D eigenvalue weighted by atomic mass is 10.2. The van der Waals surface area contributed by atoms with E-state index in [2.05, 4.69) is 31.9 Å². The maximum Gasteiger partial charge on any atom is 0.132 e. The van der Waals surface area contributed by atoms with Crippen molar-refractivity contribution in [2.45, 2.75) is 10.7 Å². The number of alkyl halides is 2. The smallest absolute Gasteiger partial charge is 0.132 e. The summed E-state index contributed by atoms with van der Waals surface area (Å²) >= 11 is 13.0. The van der Waals surface area contributed by atoms with Crippen LogP contribution >= 0.6 is 43.5 Å². The molecule has 0 fully saturated rings. The van der Waals surface area contributed by atoms with Crippen LogP contribution in [0.2, 0.25) is 5.02 Å². The van der Waals surface area contributed by atoms with Crippen molar-refractivity contribution in [2.24, 2.45) is 0 Å². The van der Waals surface area contributed by atoms with Gasteiger partial charge in [-0.1, -0.05) is 67.7 Å². The maximum atomic E-state index is 6.15. The highest BCUT2D eigenvalue weighted by Gasteiger charge is 2.09. The number of para-hydroxylation sites is 1. The Bertz CT molecular complexity index is 543. The number of rotatable bonds is 4. The first-order valence-electron chi connectivity index (χ1n) is 5.41. The summed E-state index contributed by atoms with van der Waals surface area (Å²) in [5.74, 6) is 1.63. The van der Waals surface area contributed by atoms with Crippen LogP contribution in [0.3, 0.4) is 0 Å². The topological polar surface area (TPSA) is 9.23 Å². The first-order valence-corrected chi connectivity index (χ1v) is 8.03. The second kappa shape index (κ2) is 6.60. The third-order valence-electron chi connectivity index (χ3n) is 2.55. The standard InChI is InChI=1S/C14H11Br2ClO/c15-8-10-4-1-2-6-13(10)18-14-7-3-5-12(17)11(14)9-16/h1-7H,8-9H2. The Labute approximate surface area is 128 Å². The molecule has 0 heterocycles. The van der Waals surface area contributed by atoms with Crippen molar-refractivity contribution >= 4 is 43.5 Å². The van der Waals surface area contributed by atoms with Gasteiger partial charge in [-0.15, -0.1) is 0 Å². The molecule has 0 aromatic heterocycles. The number of benzene rings is 2. The Morgan fingerprint density at radius 2 is 1.61 bits per heavy atom. The van der Waals surface area contributed by atoms with E-state index in [9.17, 15) is 0 Å². The van der Waals surface area contributed by atoms with E-state index in [0.29, 0.717) is 10.4 Å². The molecule has 2 aromatic carbocycles. The summed E-state index contributed by atoms with van der Waals surface area (Å²) in [6.07, 6.45) is 0. The highest BCUT2D eigenvalue weighted by molar-refractivity contribution is 9.08. The van der Waals surface area contributed by atoms with Crippen molar-refractivity contribution in [3.8, 4) is 11.5 Å². The van der Waals surface area contributed by atoms with E-state index in [-0.39, 0.29) is 0 Å². The minimum atomic E-state index is 0.665. The third-order valence-corrected chi connectivity index (χ3v) is 4.06. The van der Waals surface area contributed by atoms with E-state index >= 15 is 0 Å². The Morgan fingerprint density at radius 3 is 2.33 bits per heavy atom. The lowest BCUT2D eigenvalue weighted by Crippen LogP contribution is -1.93. The first kappa shape index (κ1) is 13.9. The van der Waals surface area contributed by atoms with Crippen LogP contribution in [0.15, 0.2) is 42.5 Å². The van der Waals surface area contributed by atoms with Gasteiger partial charge in [0.15, 0.2) is 0 Å². The zero-order valence-corrected chi connectivity index (χ0v) is 13.4. The molecular weight excluding hydrogens is 379 g/mol. The van der Waals surface area contributed by atoms with E-state index in [0.717, 1.165) is 28.0 Å². The summed E-state index contributed by atoms with van der Waals surface area (Å²) in [5, 5.41) is 2.13. The van der Waals surface area contributed by atoms with Gasteiger partial charge >= 0.3 is 0 Å². The molecule has 1 nitrogen and oxygen atoms in total. The number of hydrogen-bond acceptors (Lipinski definition) is 1. The Balaban J connectivity index is 2.37. The van der Waals surface area contributed by atoms with Gasteiger partial charge in [0.1, 0.15) is 11.5 Å². The van der Waals surface area contributed by atoms with Crippen molar-refractivity contribution in [3.05, 3.63) is 58.6 Å². The molecule has 0 saturated heterocycles. The zero-order valence-electron chi connectivity index (χ0n) is 9.50. The van der Waals surface area contributed by atoms with Gasteiger partial charge in [0.25, 0.3) is 0 Å². The molecule has 0 atom stereocenters. The minimum absolute atomic E-state index is 0.665. The van der Waals surface area contributed by atoms with Crippen LogP contribution in [0.25, 0.3) is 0 Å². The molecule has 0 spiro atoms. The summed E-state index contributed by atoms with van der Waals surface area (Å²) in [6, 6.07) is 13.6. The number of halogens is 3. The quantitative estimate of drug-likeness (QED) is 0.589. The Morgan fingerprint density at radius 1 is 0.889 bits per heavy atom. The largest absolute Gasteiger partial charge is 0.457 e. The summed E-state index contributed by atoms with van der Waals surface area (Å²) in [7, 11) is 0. The average molecular weight is 391 g/mol. The van der Waals surface area contributed by atoms with Crippen LogP contribution in [0.4, 0.5) is 0 Å². The zero-order chi connectivity index (χ0) is 13.0. The predicted molar refractivity (Wildman–Crippen MR) is 83.2 cm³/mol. The van der Waals surface area contributed by atoms with Crippen molar-refractivity contribution in [2.75, 3.05) is 0 Å². The summed E-state index contributed by atoms with van der Waals surface area (Å²) in [4.78, 5) is 0. The molecule has 0 aliphatic heterocycles. The van der Waals surface area contributed by atoms with Crippen LogP contribution in [0.1, 0.15) is 11.1 Å². The predicted octanol–water partition coefficient (Wildman–Crippen LogP) is 5.92. The summed E-state index contributed by atoms with van der Waals surface area (Å²) in [5.41, 5.74) is 2.07. The first-order chi connectivity index (χ1) is 8.76. The normalized spacial score (nSPS) is 10.4. The van der Waals surface area contributed by atoms with Crippen LogP contribution in [0.5, 0.6) is 11.5 Å². The van der Waals surface area contributed by atoms with E-state index in [1.54, 1.807) is 0 Å². The van der Waals surface area contributed by atoms with Gasteiger partial charge in [0, 0.05) is 26.8 Å². The van der Waals surface area contributed by atoms with E-state index < -0.39 is 0 Å².